The van der Waals surface area contributed by atoms with Crippen LogP contribution in [0.4, 0.5) is 0 Å². The molecule has 1 aromatic carbocycles. The molecule has 1 aliphatic rings. The molecule has 0 bridgehead atoms. The van der Waals surface area contributed by atoms with E-state index in [-0.39, 0.29) is 18.9 Å². The number of sulfonamides is 1. The molecule has 2 aromatic rings. The van der Waals surface area contributed by atoms with Crippen LogP contribution in [0.5, 0.6) is 5.75 Å². The standard InChI is InChI=1S/C17H23N3O5S/c1-19(2)26(22,23)13-5-4-8-20(11-13)17(21)10-15-14-9-12(24-3)6-7-16(14)25-18-15/h6-7,9,13H,4-5,8,10-11H2,1-3H3/t13-/m1/s1. The number of likely N-dealkylation sites (tertiary alicyclic amines) is 1. The van der Waals surface area contributed by atoms with Crippen molar-refractivity contribution in [2.24, 2.45) is 0 Å². The molecular weight excluding hydrogens is 358 g/mol. The molecule has 3 rings (SSSR count). The van der Waals surface area contributed by atoms with Crippen LogP contribution in [-0.4, -0.2) is 68.2 Å². The van der Waals surface area contributed by atoms with Gasteiger partial charge in [-0.1, -0.05) is 5.16 Å². The molecule has 0 saturated carbocycles. The lowest BCUT2D eigenvalue weighted by molar-refractivity contribution is -0.131. The van der Waals surface area contributed by atoms with Crippen LogP contribution in [0.15, 0.2) is 22.7 Å². The zero-order valence-corrected chi connectivity index (χ0v) is 16.0. The normalized spacial score (nSPS) is 18.5. The number of methoxy groups -OCH3 is 1. The number of benzene rings is 1. The van der Waals surface area contributed by atoms with Crippen molar-refractivity contribution in [3.8, 4) is 5.75 Å². The van der Waals surface area contributed by atoms with Gasteiger partial charge in [-0.25, -0.2) is 12.7 Å². The molecular formula is C17H23N3O5S. The van der Waals surface area contributed by atoms with Gasteiger partial charge < -0.3 is 14.2 Å². The summed E-state index contributed by atoms with van der Waals surface area (Å²) in [4.78, 5) is 14.3. The fourth-order valence-electron chi connectivity index (χ4n) is 3.18. The third kappa shape index (κ3) is 3.54. The summed E-state index contributed by atoms with van der Waals surface area (Å²) in [6.45, 7) is 0.760. The highest BCUT2D eigenvalue weighted by Gasteiger charge is 2.34. The van der Waals surface area contributed by atoms with Crippen LogP contribution in [0.2, 0.25) is 0 Å². The number of piperidine rings is 1. The summed E-state index contributed by atoms with van der Waals surface area (Å²) in [6.07, 6.45) is 1.29. The van der Waals surface area contributed by atoms with Gasteiger partial charge in [-0.15, -0.1) is 0 Å². The first-order chi connectivity index (χ1) is 12.3. The second kappa shape index (κ2) is 7.24. The van der Waals surface area contributed by atoms with Crippen LogP contribution in [0, 0.1) is 0 Å². The first-order valence-electron chi connectivity index (χ1n) is 8.44. The zero-order chi connectivity index (χ0) is 18.9. The lowest BCUT2D eigenvalue weighted by Gasteiger charge is -2.33. The number of aromatic nitrogens is 1. The Balaban J connectivity index is 1.76. The number of ether oxygens (including phenoxy) is 1. The van der Waals surface area contributed by atoms with Crippen LogP contribution < -0.4 is 4.74 Å². The van der Waals surface area contributed by atoms with Crippen LogP contribution >= 0.6 is 0 Å². The number of amides is 1. The lowest BCUT2D eigenvalue weighted by Crippen LogP contribution is -2.48. The van der Waals surface area contributed by atoms with Gasteiger partial charge in [-0.2, -0.15) is 0 Å². The maximum atomic E-state index is 12.7. The molecule has 1 amide bonds. The molecule has 0 aliphatic carbocycles. The van der Waals surface area contributed by atoms with Crippen molar-refractivity contribution in [2.75, 3.05) is 34.3 Å². The molecule has 9 heteroatoms. The first kappa shape index (κ1) is 18.7. The minimum Gasteiger partial charge on any atom is -0.497 e. The van der Waals surface area contributed by atoms with Crippen LogP contribution in [0.1, 0.15) is 18.5 Å². The minimum absolute atomic E-state index is 0.0644. The van der Waals surface area contributed by atoms with E-state index < -0.39 is 15.3 Å². The van der Waals surface area contributed by atoms with Crippen LogP contribution in [0.3, 0.4) is 0 Å². The third-order valence-corrected chi connectivity index (χ3v) is 6.98. The summed E-state index contributed by atoms with van der Waals surface area (Å²) in [5, 5.41) is 4.16. The number of fused-ring (bicyclic) bond motifs is 1. The molecule has 2 heterocycles. The summed E-state index contributed by atoms with van der Waals surface area (Å²) in [5.74, 6) is 0.506. The van der Waals surface area contributed by atoms with E-state index in [2.05, 4.69) is 5.16 Å². The van der Waals surface area contributed by atoms with Crippen LogP contribution in [-0.2, 0) is 21.2 Å². The number of carbonyl (C=O) groups is 1. The molecule has 142 valence electrons. The van der Waals surface area contributed by atoms with Crippen molar-refractivity contribution in [3.63, 3.8) is 0 Å². The predicted molar refractivity (Wildman–Crippen MR) is 96.5 cm³/mol. The highest BCUT2D eigenvalue weighted by atomic mass is 32.2. The van der Waals surface area contributed by atoms with Crippen molar-refractivity contribution in [2.45, 2.75) is 24.5 Å². The largest absolute Gasteiger partial charge is 0.497 e. The molecule has 0 N–H and O–H groups in total. The number of hydrogen-bond donors (Lipinski definition) is 0. The Morgan fingerprint density at radius 2 is 2.19 bits per heavy atom. The summed E-state index contributed by atoms with van der Waals surface area (Å²) < 4.78 is 36.4. The Hall–Kier alpha value is -2.13. The van der Waals surface area contributed by atoms with Crippen molar-refractivity contribution in [3.05, 3.63) is 23.9 Å². The van der Waals surface area contributed by atoms with Gasteiger partial charge in [0.2, 0.25) is 15.9 Å². The molecule has 1 saturated heterocycles. The maximum absolute atomic E-state index is 12.7. The Kier molecular flexibility index (Phi) is 5.19. The van der Waals surface area contributed by atoms with Gasteiger partial charge in [0, 0.05) is 32.6 Å². The summed E-state index contributed by atoms with van der Waals surface area (Å²) in [5.41, 5.74) is 1.11. The molecule has 1 atom stereocenters. The van der Waals surface area contributed by atoms with E-state index in [0.29, 0.717) is 36.4 Å². The smallest absolute Gasteiger partial charge is 0.228 e. The van der Waals surface area contributed by atoms with Crippen molar-refractivity contribution in [1.29, 1.82) is 0 Å². The monoisotopic (exact) mass is 381 g/mol. The number of hydrogen-bond acceptors (Lipinski definition) is 6. The highest BCUT2D eigenvalue weighted by molar-refractivity contribution is 7.89. The molecule has 1 aromatic heterocycles. The van der Waals surface area contributed by atoms with Gasteiger partial charge in [0.05, 0.1) is 18.8 Å². The Morgan fingerprint density at radius 3 is 2.88 bits per heavy atom. The Morgan fingerprint density at radius 1 is 1.42 bits per heavy atom. The minimum atomic E-state index is -3.38. The average molecular weight is 381 g/mol. The lowest BCUT2D eigenvalue weighted by atomic mass is 10.1. The Labute approximate surface area is 152 Å². The Bertz CT molecular complexity index is 906. The summed E-state index contributed by atoms with van der Waals surface area (Å²) >= 11 is 0. The molecule has 1 fully saturated rings. The fourth-order valence-corrected chi connectivity index (χ4v) is 4.61. The van der Waals surface area contributed by atoms with E-state index in [1.54, 1.807) is 30.2 Å². The van der Waals surface area contributed by atoms with Gasteiger partial charge in [-0.3, -0.25) is 4.79 Å². The average Bonchev–Trinajstić information content (AvgIpc) is 3.03. The number of rotatable bonds is 5. The van der Waals surface area contributed by atoms with Gasteiger partial charge in [0.1, 0.15) is 11.4 Å². The molecule has 0 radical (unpaired) electrons. The van der Waals surface area contributed by atoms with Gasteiger partial charge in [0.25, 0.3) is 0 Å². The predicted octanol–water partition coefficient (Wildman–Crippen LogP) is 1.26. The number of carbonyl (C=O) groups excluding carboxylic acids is 1. The maximum Gasteiger partial charge on any atom is 0.228 e. The fraction of sp³-hybridized carbons (Fsp3) is 0.529. The zero-order valence-electron chi connectivity index (χ0n) is 15.1. The molecule has 8 nitrogen and oxygen atoms in total. The van der Waals surface area contributed by atoms with Gasteiger partial charge in [0.15, 0.2) is 5.58 Å². The van der Waals surface area contributed by atoms with Crippen molar-refractivity contribution in [1.82, 2.24) is 14.4 Å². The summed E-state index contributed by atoms with van der Waals surface area (Å²) in [7, 11) is 1.22. The van der Waals surface area contributed by atoms with Gasteiger partial charge >= 0.3 is 0 Å². The molecule has 26 heavy (non-hydrogen) atoms. The summed E-state index contributed by atoms with van der Waals surface area (Å²) in [6, 6.07) is 5.29. The topological polar surface area (TPSA) is 93.0 Å². The number of nitrogens with zero attached hydrogens (tertiary/aromatic N) is 3. The van der Waals surface area contributed by atoms with E-state index >= 15 is 0 Å². The SMILES string of the molecule is COc1ccc2onc(CC(=O)N3CCC[C@@H](S(=O)(=O)N(C)C)C3)c2c1. The van der Waals surface area contributed by atoms with Crippen LogP contribution in [0.25, 0.3) is 11.0 Å². The van der Waals surface area contributed by atoms with Crippen molar-refractivity contribution >= 4 is 26.9 Å². The van der Waals surface area contributed by atoms with E-state index in [1.807, 2.05) is 0 Å². The second-order valence-corrected chi connectivity index (χ2v) is 9.03. The second-order valence-electron chi connectivity index (χ2n) is 6.60. The van der Waals surface area contributed by atoms with E-state index in [1.165, 1.54) is 18.4 Å². The molecule has 0 spiro atoms. The highest BCUT2D eigenvalue weighted by Crippen LogP contribution is 2.25. The van der Waals surface area contributed by atoms with Crippen molar-refractivity contribution < 1.29 is 22.5 Å². The molecule has 0 unspecified atom stereocenters. The third-order valence-electron chi connectivity index (χ3n) is 4.73. The quantitative estimate of drug-likeness (QED) is 0.774. The first-order valence-corrected chi connectivity index (χ1v) is 9.94. The molecule has 1 aliphatic heterocycles. The van der Waals surface area contributed by atoms with E-state index in [0.717, 1.165) is 5.39 Å². The van der Waals surface area contributed by atoms with E-state index in [4.69, 9.17) is 9.26 Å². The van der Waals surface area contributed by atoms with E-state index in [9.17, 15) is 13.2 Å². The van der Waals surface area contributed by atoms with Gasteiger partial charge in [-0.05, 0) is 31.0 Å².